The Morgan fingerprint density at radius 3 is 2.00 bits per heavy atom. The first kappa shape index (κ1) is 16.3. The molecule has 0 saturated carbocycles. The minimum atomic E-state index is -2.61. The zero-order chi connectivity index (χ0) is 13.0. The minimum absolute atomic E-state index is 0. The summed E-state index contributed by atoms with van der Waals surface area (Å²) in [6, 6.07) is 6.89. The number of benzene rings is 1. The van der Waals surface area contributed by atoms with Crippen LogP contribution in [0, 0.1) is 0 Å². The molecule has 2 rings (SSSR count). The summed E-state index contributed by atoms with van der Waals surface area (Å²) in [5.41, 5.74) is 1.55. The Bertz CT molecular complexity index is 520. The summed E-state index contributed by atoms with van der Waals surface area (Å²) in [5, 5.41) is 0. The maximum atomic E-state index is 11.5. The van der Waals surface area contributed by atoms with Crippen molar-refractivity contribution in [3.63, 3.8) is 0 Å². The third kappa shape index (κ3) is 3.97. The van der Waals surface area contributed by atoms with Gasteiger partial charge in [-0.05, 0) is 13.0 Å². The van der Waals surface area contributed by atoms with E-state index >= 15 is 0 Å². The minimum Gasteiger partial charge on any atom is -0.344 e. The molecule has 1 aromatic rings. The predicted molar refractivity (Wildman–Crippen MR) is 67.3 cm³/mol. The SMILES string of the molecule is CC1=CC(=O)c2ccccc2C1=O.N.O=S(O)O. The van der Waals surface area contributed by atoms with Crippen molar-refractivity contribution in [3.05, 3.63) is 47.0 Å². The van der Waals surface area contributed by atoms with Crippen molar-refractivity contribution in [2.45, 2.75) is 6.92 Å². The molecule has 0 amide bonds. The Balaban J connectivity index is 0.000000512. The van der Waals surface area contributed by atoms with Gasteiger partial charge in [-0.2, -0.15) is 4.21 Å². The number of hydrogen-bond acceptors (Lipinski definition) is 4. The lowest BCUT2D eigenvalue weighted by molar-refractivity contribution is 0.0984. The van der Waals surface area contributed by atoms with Crippen LogP contribution in [0.15, 0.2) is 35.9 Å². The summed E-state index contributed by atoms with van der Waals surface area (Å²) in [6.45, 7) is 1.66. The molecule has 0 spiro atoms. The Morgan fingerprint density at radius 2 is 1.50 bits per heavy atom. The quantitative estimate of drug-likeness (QED) is 0.618. The van der Waals surface area contributed by atoms with E-state index in [1.54, 1.807) is 31.2 Å². The molecule has 0 aliphatic heterocycles. The number of fused-ring (bicyclic) bond motifs is 1. The van der Waals surface area contributed by atoms with E-state index in [-0.39, 0.29) is 17.7 Å². The van der Waals surface area contributed by atoms with Crippen LogP contribution in [0.3, 0.4) is 0 Å². The molecular formula is C11H13NO5S. The van der Waals surface area contributed by atoms with Crippen LogP contribution in [0.25, 0.3) is 0 Å². The second-order valence-electron chi connectivity index (χ2n) is 3.30. The van der Waals surface area contributed by atoms with Gasteiger partial charge in [-0.15, -0.1) is 0 Å². The highest BCUT2D eigenvalue weighted by Gasteiger charge is 2.21. The molecule has 0 unspecified atom stereocenters. The lowest BCUT2D eigenvalue weighted by Gasteiger charge is -2.11. The molecule has 0 bridgehead atoms. The molecule has 18 heavy (non-hydrogen) atoms. The van der Waals surface area contributed by atoms with Crippen LogP contribution in [0.1, 0.15) is 27.6 Å². The maximum Gasteiger partial charge on any atom is 0.299 e. The average molecular weight is 271 g/mol. The van der Waals surface area contributed by atoms with Crippen LogP contribution in [-0.4, -0.2) is 24.9 Å². The van der Waals surface area contributed by atoms with E-state index in [2.05, 4.69) is 0 Å². The molecule has 1 aliphatic rings. The molecule has 98 valence electrons. The van der Waals surface area contributed by atoms with E-state index in [9.17, 15) is 9.59 Å². The van der Waals surface area contributed by atoms with Crippen molar-refractivity contribution in [1.29, 1.82) is 0 Å². The van der Waals surface area contributed by atoms with Crippen LogP contribution >= 0.6 is 0 Å². The molecule has 1 aromatic carbocycles. The monoisotopic (exact) mass is 271 g/mol. The molecule has 1 aliphatic carbocycles. The van der Waals surface area contributed by atoms with E-state index < -0.39 is 11.4 Å². The number of hydrogen-bond donors (Lipinski definition) is 3. The van der Waals surface area contributed by atoms with Crippen molar-refractivity contribution >= 4 is 22.9 Å². The Hall–Kier alpha value is -1.67. The Labute approximate surface area is 106 Å². The number of rotatable bonds is 0. The van der Waals surface area contributed by atoms with Crippen molar-refractivity contribution in [1.82, 2.24) is 6.15 Å². The fourth-order valence-electron chi connectivity index (χ4n) is 1.45. The van der Waals surface area contributed by atoms with Gasteiger partial charge in [-0.3, -0.25) is 18.7 Å². The third-order valence-electron chi connectivity index (χ3n) is 2.14. The largest absolute Gasteiger partial charge is 0.344 e. The fourth-order valence-corrected chi connectivity index (χ4v) is 1.45. The van der Waals surface area contributed by atoms with E-state index in [0.29, 0.717) is 16.7 Å². The zero-order valence-electron chi connectivity index (χ0n) is 9.62. The molecule has 0 heterocycles. The molecule has 0 saturated heterocycles. The predicted octanol–water partition coefficient (Wildman–Crippen LogP) is 1.86. The standard InChI is InChI=1S/C11H8O2.H3N.H2O3S/c1-7-6-10(12)8-4-2-3-5-9(8)11(7)13;;1-4(2)3/h2-6H,1H3;1H3;(H2,1,2,3). The molecule has 5 N–H and O–H groups in total. The normalized spacial score (nSPS) is 13.0. The van der Waals surface area contributed by atoms with Gasteiger partial charge in [-0.1, -0.05) is 24.3 Å². The van der Waals surface area contributed by atoms with Gasteiger partial charge in [0.1, 0.15) is 0 Å². The summed E-state index contributed by atoms with van der Waals surface area (Å²) in [4.78, 5) is 23.0. The zero-order valence-corrected chi connectivity index (χ0v) is 10.4. The van der Waals surface area contributed by atoms with Gasteiger partial charge in [0, 0.05) is 16.7 Å². The molecule has 0 aromatic heterocycles. The molecule has 0 atom stereocenters. The highest BCUT2D eigenvalue weighted by atomic mass is 32.2. The number of Topliss-reactive ketones (excluding diaryl/α,β-unsaturated/α-hetero) is 1. The second-order valence-corrected chi connectivity index (χ2v) is 3.76. The van der Waals surface area contributed by atoms with Crippen LogP contribution in [0.5, 0.6) is 0 Å². The Morgan fingerprint density at radius 1 is 1.06 bits per heavy atom. The first-order valence-electron chi connectivity index (χ1n) is 4.59. The number of ketones is 2. The summed E-state index contributed by atoms with van der Waals surface area (Å²) < 4.78 is 22.8. The first-order chi connectivity index (χ1) is 7.93. The van der Waals surface area contributed by atoms with Gasteiger partial charge >= 0.3 is 0 Å². The van der Waals surface area contributed by atoms with Crippen LogP contribution in [0.4, 0.5) is 0 Å². The van der Waals surface area contributed by atoms with Crippen LogP contribution < -0.4 is 6.15 Å². The number of carbonyl (C=O) groups excluding carboxylic acids is 2. The van der Waals surface area contributed by atoms with Crippen LogP contribution in [-0.2, 0) is 11.4 Å². The smallest absolute Gasteiger partial charge is 0.299 e. The number of carbonyl (C=O) groups is 2. The van der Waals surface area contributed by atoms with Crippen molar-refractivity contribution in [3.8, 4) is 0 Å². The van der Waals surface area contributed by atoms with Crippen molar-refractivity contribution < 1.29 is 22.9 Å². The van der Waals surface area contributed by atoms with Gasteiger partial charge in [0.2, 0.25) is 0 Å². The summed E-state index contributed by atoms with van der Waals surface area (Å²) >= 11 is -2.61. The van der Waals surface area contributed by atoms with Crippen LogP contribution in [0.2, 0.25) is 0 Å². The van der Waals surface area contributed by atoms with Gasteiger partial charge in [0.15, 0.2) is 11.6 Å². The van der Waals surface area contributed by atoms with Gasteiger partial charge in [0.25, 0.3) is 11.4 Å². The highest BCUT2D eigenvalue weighted by Crippen LogP contribution is 2.20. The number of allylic oxidation sites excluding steroid dienone is 2. The summed E-state index contributed by atoms with van der Waals surface area (Å²) in [5.74, 6) is -0.122. The molecule has 0 fully saturated rings. The average Bonchev–Trinajstić information content (AvgIpc) is 2.25. The molecular weight excluding hydrogens is 258 g/mol. The van der Waals surface area contributed by atoms with Gasteiger partial charge in [0.05, 0.1) is 0 Å². The second kappa shape index (κ2) is 6.92. The third-order valence-corrected chi connectivity index (χ3v) is 2.14. The highest BCUT2D eigenvalue weighted by molar-refractivity contribution is 7.73. The van der Waals surface area contributed by atoms with Crippen molar-refractivity contribution in [2.24, 2.45) is 0 Å². The fraction of sp³-hybridized carbons (Fsp3) is 0.0909. The summed E-state index contributed by atoms with van der Waals surface area (Å²) in [7, 11) is 0. The molecule has 7 heteroatoms. The van der Waals surface area contributed by atoms with Gasteiger partial charge < -0.3 is 6.15 Å². The lowest BCUT2D eigenvalue weighted by atomic mass is 9.90. The van der Waals surface area contributed by atoms with E-state index in [4.69, 9.17) is 13.3 Å². The van der Waals surface area contributed by atoms with Crippen molar-refractivity contribution in [2.75, 3.05) is 0 Å². The Kier molecular flexibility index (Phi) is 6.28. The van der Waals surface area contributed by atoms with E-state index in [0.717, 1.165) is 0 Å². The van der Waals surface area contributed by atoms with E-state index in [1.807, 2.05) is 0 Å². The molecule has 6 nitrogen and oxygen atoms in total. The van der Waals surface area contributed by atoms with Gasteiger partial charge in [-0.25, -0.2) is 0 Å². The van der Waals surface area contributed by atoms with E-state index in [1.165, 1.54) is 6.08 Å². The molecule has 0 radical (unpaired) electrons. The summed E-state index contributed by atoms with van der Waals surface area (Å²) in [6.07, 6.45) is 1.39. The first-order valence-corrected chi connectivity index (χ1v) is 5.66. The topological polar surface area (TPSA) is 127 Å². The lowest BCUT2D eigenvalue weighted by Crippen LogP contribution is -2.14. The maximum absolute atomic E-state index is 11.5.